The molecule has 0 spiro atoms. The van der Waals surface area contributed by atoms with E-state index in [9.17, 15) is 9.90 Å². The molecule has 0 aliphatic heterocycles. The molecule has 0 aliphatic carbocycles. The van der Waals surface area contributed by atoms with Gasteiger partial charge in [0, 0.05) is 11.7 Å². The van der Waals surface area contributed by atoms with Crippen LogP contribution < -0.4 is 20.7 Å². The van der Waals surface area contributed by atoms with Gasteiger partial charge in [0.05, 0.1) is 18.4 Å². The van der Waals surface area contributed by atoms with E-state index in [4.69, 9.17) is 15.0 Å². The van der Waals surface area contributed by atoms with Crippen molar-refractivity contribution >= 4 is 5.88 Å². The molecular weight excluding hydrogens is 374 g/mol. The summed E-state index contributed by atoms with van der Waals surface area (Å²) < 4.78 is 15.0. The van der Waals surface area contributed by atoms with Gasteiger partial charge in [-0.3, -0.25) is 14.0 Å². The third-order valence-corrected chi connectivity index (χ3v) is 4.85. The van der Waals surface area contributed by atoms with Crippen LogP contribution in [0.5, 0.6) is 11.5 Å². The lowest BCUT2D eigenvalue weighted by atomic mass is 10.1. The van der Waals surface area contributed by atoms with Gasteiger partial charge in [0.2, 0.25) is 5.27 Å². The standard InChI is InChI=1S/C20H19N5O4/c1-12-17(20(27)25(23(12)2)14-7-5-4-6-8-14)24-18(19(21)29-22-24)13-9-10-15(26)16(11-13)28-3/h4-11,21-22H,1-3H3/p+1. The Morgan fingerprint density at radius 1 is 1.21 bits per heavy atom. The highest BCUT2D eigenvalue weighted by molar-refractivity contribution is 5.69. The zero-order valence-corrected chi connectivity index (χ0v) is 16.2. The first-order chi connectivity index (χ1) is 13.9. The minimum Gasteiger partial charge on any atom is -0.504 e. The molecule has 0 aliphatic rings. The number of para-hydroxylation sites is 1. The van der Waals surface area contributed by atoms with Crippen molar-refractivity contribution in [3.8, 4) is 34.1 Å². The second-order valence-corrected chi connectivity index (χ2v) is 6.49. The molecule has 29 heavy (non-hydrogen) atoms. The Labute approximate surface area is 165 Å². The molecule has 2 heterocycles. The molecule has 0 bridgehead atoms. The predicted octanol–water partition coefficient (Wildman–Crippen LogP) is 1.71. The van der Waals surface area contributed by atoms with Gasteiger partial charge in [-0.15, -0.1) is 0 Å². The minimum atomic E-state index is -0.276. The Bertz CT molecular complexity index is 1250. The van der Waals surface area contributed by atoms with E-state index in [0.29, 0.717) is 22.6 Å². The fourth-order valence-corrected chi connectivity index (χ4v) is 3.31. The minimum absolute atomic E-state index is 0.0137. The highest BCUT2D eigenvalue weighted by atomic mass is 16.5. The van der Waals surface area contributed by atoms with Gasteiger partial charge in [-0.05, 0) is 37.3 Å². The van der Waals surface area contributed by atoms with Crippen molar-refractivity contribution in [3.63, 3.8) is 0 Å². The summed E-state index contributed by atoms with van der Waals surface area (Å²) in [6, 6.07) is 14.0. The number of nitrogen functional groups attached to an aromatic ring is 1. The number of aromatic hydroxyl groups is 1. The van der Waals surface area contributed by atoms with Gasteiger partial charge in [0.15, 0.2) is 11.5 Å². The average molecular weight is 394 g/mol. The number of benzene rings is 2. The van der Waals surface area contributed by atoms with Crippen LogP contribution in [0.25, 0.3) is 22.6 Å². The van der Waals surface area contributed by atoms with E-state index in [2.05, 4.69) is 5.27 Å². The molecule has 0 unspecified atom stereocenters. The van der Waals surface area contributed by atoms with E-state index < -0.39 is 0 Å². The molecule has 2 aromatic heterocycles. The van der Waals surface area contributed by atoms with Crippen LogP contribution in [-0.2, 0) is 7.05 Å². The van der Waals surface area contributed by atoms with Crippen LogP contribution in [0.1, 0.15) is 5.69 Å². The zero-order valence-electron chi connectivity index (χ0n) is 16.2. The van der Waals surface area contributed by atoms with Gasteiger partial charge in [-0.2, -0.15) is 0 Å². The number of rotatable bonds is 4. The number of phenols is 1. The molecule has 0 saturated heterocycles. The predicted molar refractivity (Wildman–Crippen MR) is 105 cm³/mol. The molecule has 2 aromatic carbocycles. The summed E-state index contributed by atoms with van der Waals surface area (Å²) >= 11 is 0. The highest BCUT2D eigenvalue weighted by Gasteiger charge is 2.34. The van der Waals surface area contributed by atoms with E-state index >= 15 is 0 Å². The van der Waals surface area contributed by atoms with Crippen LogP contribution >= 0.6 is 0 Å². The van der Waals surface area contributed by atoms with E-state index in [0.717, 1.165) is 5.69 Å². The summed E-state index contributed by atoms with van der Waals surface area (Å²) in [5, 5.41) is 13.9. The lowest BCUT2D eigenvalue weighted by Crippen LogP contribution is -2.40. The molecular formula is C20H20N5O4+. The summed E-state index contributed by atoms with van der Waals surface area (Å²) in [7, 11) is 3.24. The normalized spacial score (nSPS) is 11.0. The van der Waals surface area contributed by atoms with Crippen molar-refractivity contribution in [2.24, 2.45) is 7.05 Å². The van der Waals surface area contributed by atoms with Crippen molar-refractivity contribution < 1.29 is 19.0 Å². The molecule has 0 fully saturated rings. The van der Waals surface area contributed by atoms with Crippen LogP contribution in [0.2, 0.25) is 0 Å². The molecule has 0 radical (unpaired) electrons. The lowest BCUT2D eigenvalue weighted by molar-refractivity contribution is -0.661. The number of phenolic OH excluding ortho intramolecular Hbond substituents is 1. The second-order valence-electron chi connectivity index (χ2n) is 6.49. The number of nitrogens with two attached hydrogens (primary N) is 1. The monoisotopic (exact) mass is 394 g/mol. The van der Waals surface area contributed by atoms with Crippen LogP contribution in [0, 0.1) is 6.92 Å². The summed E-state index contributed by atoms with van der Waals surface area (Å²) in [5.74, 6) is 0.285. The molecule has 0 amide bonds. The summed E-state index contributed by atoms with van der Waals surface area (Å²) in [4.78, 5) is 13.3. The molecule has 9 nitrogen and oxygen atoms in total. The third-order valence-electron chi connectivity index (χ3n) is 4.85. The number of ether oxygens (including phenoxy) is 1. The Balaban J connectivity index is 1.96. The molecule has 0 atom stereocenters. The zero-order chi connectivity index (χ0) is 20.7. The second kappa shape index (κ2) is 6.86. The summed E-state index contributed by atoms with van der Waals surface area (Å²) in [5.41, 5.74) is 8.41. The van der Waals surface area contributed by atoms with Crippen LogP contribution in [-0.4, -0.2) is 26.9 Å². The van der Waals surface area contributed by atoms with E-state index in [-0.39, 0.29) is 22.9 Å². The van der Waals surface area contributed by atoms with Gasteiger partial charge >= 0.3 is 22.8 Å². The van der Waals surface area contributed by atoms with Crippen LogP contribution in [0.4, 0.5) is 5.88 Å². The molecule has 4 aromatic rings. The first-order valence-corrected chi connectivity index (χ1v) is 8.83. The number of nitrogens with zero attached hydrogens (tertiary/aromatic N) is 4. The number of hydrogen-bond acceptors (Lipinski definition) is 6. The number of hydrogen-bond donors (Lipinski definition) is 2. The maximum absolute atomic E-state index is 13.3. The fraction of sp³-hybridized carbons (Fsp3) is 0.150. The fourth-order valence-electron chi connectivity index (χ4n) is 3.31. The summed E-state index contributed by atoms with van der Waals surface area (Å²) in [6.45, 7) is 1.81. The first kappa shape index (κ1) is 18.4. The number of methoxy groups -OCH3 is 1. The smallest absolute Gasteiger partial charge is 0.346 e. The van der Waals surface area contributed by atoms with Gasteiger partial charge in [0.25, 0.3) is 0 Å². The lowest BCUT2D eigenvalue weighted by Gasteiger charge is -2.06. The van der Waals surface area contributed by atoms with E-state index in [1.807, 2.05) is 37.3 Å². The molecule has 148 valence electrons. The topological polar surface area (TPSA) is 112 Å². The molecule has 0 saturated carbocycles. The Morgan fingerprint density at radius 3 is 2.62 bits per heavy atom. The maximum Gasteiger partial charge on any atom is 0.346 e. The van der Waals surface area contributed by atoms with Crippen LogP contribution in [0.15, 0.2) is 57.8 Å². The average Bonchev–Trinajstić information content (AvgIpc) is 3.20. The van der Waals surface area contributed by atoms with Crippen LogP contribution in [0.3, 0.4) is 0 Å². The van der Waals surface area contributed by atoms with E-state index in [1.165, 1.54) is 17.9 Å². The van der Waals surface area contributed by atoms with Gasteiger partial charge in [0.1, 0.15) is 5.69 Å². The Morgan fingerprint density at radius 2 is 1.93 bits per heavy atom. The Kier molecular flexibility index (Phi) is 4.34. The van der Waals surface area contributed by atoms with Crippen molar-refractivity contribution in [2.45, 2.75) is 6.92 Å². The molecule has 9 heteroatoms. The maximum atomic E-state index is 13.3. The van der Waals surface area contributed by atoms with Crippen molar-refractivity contribution in [2.75, 3.05) is 12.8 Å². The van der Waals surface area contributed by atoms with Gasteiger partial charge in [-0.25, -0.2) is 4.68 Å². The van der Waals surface area contributed by atoms with Gasteiger partial charge < -0.3 is 15.6 Å². The van der Waals surface area contributed by atoms with Crippen molar-refractivity contribution in [1.82, 2.24) is 14.6 Å². The molecule has 3 N–H and O–H groups in total. The molecule has 4 rings (SSSR count). The first-order valence-electron chi connectivity index (χ1n) is 8.83. The van der Waals surface area contributed by atoms with Crippen molar-refractivity contribution in [1.29, 1.82) is 0 Å². The number of anilines is 1. The SMILES string of the molecule is COc1cc(-c2c(N)on[n+]2-c2c(C)n(C)n(-c3ccccc3)c2=O)ccc1O. The van der Waals surface area contributed by atoms with Crippen molar-refractivity contribution in [3.05, 3.63) is 64.6 Å². The quantitative estimate of drug-likeness (QED) is 0.510. The van der Waals surface area contributed by atoms with Gasteiger partial charge in [-0.1, -0.05) is 18.2 Å². The largest absolute Gasteiger partial charge is 0.504 e. The summed E-state index contributed by atoms with van der Waals surface area (Å²) in [6.07, 6.45) is 0. The van der Waals surface area contributed by atoms with E-state index in [1.54, 1.807) is 28.5 Å². The number of aromatic nitrogens is 4. The Hall–Kier alpha value is -4.01. The third kappa shape index (κ3) is 2.83. The highest BCUT2D eigenvalue weighted by Crippen LogP contribution is 2.32.